The highest BCUT2D eigenvalue weighted by Crippen LogP contribution is 2.25. The summed E-state index contributed by atoms with van der Waals surface area (Å²) in [5, 5.41) is 8.34. The van der Waals surface area contributed by atoms with Crippen LogP contribution in [0.3, 0.4) is 0 Å². The third-order valence-corrected chi connectivity index (χ3v) is 3.81. The van der Waals surface area contributed by atoms with Crippen LogP contribution < -0.4 is 5.32 Å². The Balaban J connectivity index is 2.00. The third-order valence-electron chi connectivity index (χ3n) is 2.78. The maximum Gasteiger partial charge on any atom is 0.190 e. The van der Waals surface area contributed by atoms with Crippen LogP contribution in [0.5, 0.6) is 0 Å². The molecule has 0 radical (unpaired) electrons. The van der Waals surface area contributed by atoms with Gasteiger partial charge in [0.1, 0.15) is 6.33 Å². The molecule has 102 valence electrons. The van der Waals surface area contributed by atoms with Gasteiger partial charge in [0, 0.05) is 24.2 Å². The first-order chi connectivity index (χ1) is 9.20. The second kappa shape index (κ2) is 6.68. The van der Waals surface area contributed by atoms with E-state index in [9.17, 15) is 0 Å². The minimum absolute atomic E-state index is 0.286. The summed E-state index contributed by atoms with van der Waals surface area (Å²) in [4.78, 5) is 9.76. The zero-order chi connectivity index (χ0) is 13.7. The Morgan fingerprint density at radius 1 is 1.37 bits per heavy atom. The molecule has 0 aliphatic heterocycles. The summed E-state index contributed by atoms with van der Waals surface area (Å²) in [5.41, 5.74) is 1.07. The molecule has 0 saturated heterocycles. The first kappa shape index (κ1) is 14.0. The lowest BCUT2D eigenvalue weighted by molar-refractivity contribution is 0.558. The molecular weight excluding hydrogens is 258 g/mol. The Hall–Kier alpha value is -1.40. The van der Waals surface area contributed by atoms with Crippen LogP contribution in [0, 0.1) is 0 Å². The van der Waals surface area contributed by atoms with Crippen molar-refractivity contribution in [2.24, 2.45) is 7.05 Å². The van der Waals surface area contributed by atoms with Gasteiger partial charge in [0.05, 0.1) is 5.69 Å². The number of hydrogen-bond acceptors (Lipinski definition) is 5. The second-order valence-electron chi connectivity index (χ2n) is 4.36. The standard InChI is InChI=1S/C13H19N5S/c1-4-7-14-10(2)12-6-5-11(8-15-12)19-13-16-9-17-18(13)3/h5-6,8-10,14H,4,7H2,1-3H3. The number of nitrogens with zero attached hydrogens (tertiary/aromatic N) is 4. The number of aryl methyl sites for hydroxylation is 1. The minimum atomic E-state index is 0.286. The van der Waals surface area contributed by atoms with Crippen molar-refractivity contribution < 1.29 is 0 Å². The van der Waals surface area contributed by atoms with Crippen LogP contribution in [0.15, 0.2) is 34.7 Å². The van der Waals surface area contributed by atoms with E-state index in [4.69, 9.17) is 0 Å². The Bertz CT molecular complexity index is 508. The lowest BCUT2D eigenvalue weighted by atomic mass is 10.2. The highest BCUT2D eigenvalue weighted by atomic mass is 32.2. The summed E-state index contributed by atoms with van der Waals surface area (Å²) in [6, 6.07) is 4.42. The first-order valence-electron chi connectivity index (χ1n) is 6.42. The molecule has 2 aromatic rings. The van der Waals surface area contributed by atoms with Gasteiger partial charge in [-0.3, -0.25) is 4.98 Å². The monoisotopic (exact) mass is 277 g/mol. The topological polar surface area (TPSA) is 55.6 Å². The SMILES string of the molecule is CCCNC(C)c1ccc(Sc2ncnn2C)cn1. The molecule has 5 nitrogen and oxygen atoms in total. The summed E-state index contributed by atoms with van der Waals surface area (Å²) < 4.78 is 1.75. The molecule has 0 aliphatic rings. The lowest BCUT2D eigenvalue weighted by Crippen LogP contribution is -2.20. The summed E-state index contributed by atoms with van der Waals surface area (Å²) in [7, 11) is 1.88. The summed E-state index contributed by atoms with van der Waals surface area (Å²) >= 11 is 1.57. The van der Waals surface area contributed by atoms with Crippen molar-refractivity contribution in [1.29, 1.82) is 0 Å². The van der Waals surface area contributed by atoms with Crippen LogP contribution in [-0.2, 0) is 7.05 Å². The van der Waals surface area contributed by atoms with Crippen molar-refractivity contribution >= 4 is 11.8 Å². The van der Waals surface area contributed by atoms with Crippen LogP contribution in [0.2, 0.25) is 0 Å². The lowest BCUT2D eigenvalue weighted by Gasteiger charge is -2.12. The number of rotatable bonds is 6. The Kier molecular flexibility index (Phi) is 4.93. The predicted molar refractivity (Wildman–Crippen MR) is 76.1 cm³/mol. The maximum atomic E-state index is 4.50. The van der Waals surface area contributed by atoms with Gasteiger partial charge in [-0.25, -0.2) is 9.67 Å². The highest BCUT2D eigenvalue weighted by molar-refractivity contribution is 7.99. The van der Waals surface area contributed by atoms with Crippen LogP contribution >= 0.6 is 11.8 Å². The van der Waals surface area contributed by atoms with E-state index in [-0.39, 0.29) is 6.04 Å². The number of nitrogens with one attached hydrogen (secondary N) is 1. The number of pyridine rings is 1. The van der Waals surface area contributed by atoms with Gasteiger partial charge in [-0.15, -0.1) is 0 Å². The number of hydrogen-bond donors (Lipinski definition) is 1. The van der Waals surface area contributed by atoms with E-state index >= 15 is 0 Å². The highest BCUT2D eigenvalue weighted by Gasteiger charge is 2.07. The normalized spacial score (nSPS) is 12.6. The molecule has 0 amide bonds. The van der Waals surface area contributed by atoms with Crippen LogP contribution in [-0.4, -0.2) is 26.3 Å². The van der Waals surface area contributed by atoms with E-state index in [1.165, 1.54) is 0 Å². The average Bonchev–Trinajstić information content (AvgIpc) is 2.82. The molecule has 2 aromatic heterocycles. The van der Waals surface area contributed by atoms with Crippen molar-refractivity contribution in [2.45, 2.75) is 36.4 Å². The Morgan fingerprint density at radius 2 is 2.21 bits per heavy atom. The summed E-state index contributed by atoms with van der Waals surface area (Å²) in [6.45, 7) is 5.31. The van der Waals surface area contributed by atoms with Gasteiger partial charge in [-0.2, -0.15) is 5.10 Å². The zero-order valence-electron chi connectivity index (χ0n) is 11.5. The molecule has 0 aromatic carbocycles. The van der Waals surface area contributed by atoms with Gasteiger partial charge >= 0.3 is 0 Å². The van der Waals surface area contributed by atoms with E-state index in [1.54, 1.807) is 22.8 Å². The van der Waals surface area contributed by atoms with E-state index in [2.05, 4.69) is 46.4 Å². The van der Waals surface area contributed by atoms with Gasteiger partial charge in [-0.05, 0) is 43.8 Å². The van der Waals surface area contributed by atoms with E-state index in [0.717, 1.165) is 28.7 Å². The van der Waals surface area contributed by atoms with Crippen LogP contribution in [0.4, 0.5) is 0 Å². The quantitative estimate of drug-likeness (QED) is 0.879. The fourth-order valence-electron chi connectivity index (χ4n) is 1.66. The largest absolute Gasteiger partial charge is 0.309 e. The van der Waals surface area contributed by atoms with Gasteiger partial charge in [0.2, 0.25) is 0 Å². The molecule has 0 aliphatic carbocycles. The molecule has 0 bridgehead atoms. The molecule has 0 fully saturated rings. The molecule has 19 heavy (non-hydrogen) atoms. The molecule has 6 heteroatoms. The van der Waals surface area contributed by atoms with Crippen LogP contribution in [0.1, 0.15) is 32.0 Å². The average molecular weight is 277 g/mol. The van der Waals surface area contributed by atoms with Gasteiger partial charge in [-0.1, -0.05) is 6.92 Å². The molecule has 1 unspecified atom stereocenters. The molecule has 2 rings (SSSR count). The third kappa shape index (κ3) is 3.78. The van der Waals surface area contributed by atoms with E-state index < -0.39 is 0 Å². The molecular formula is C13H19N5S. The fraction of sp³-hybridized carbons (Fsp3) is 0.462. The smallest absolute Gasteiger partial charge is 0.190 e. The summed E-state index contributed by atoms with van der Waals surface area (Å²) in [6.07, 6.45) is 4.57. The van der Waals surface area contributed by atoms with E-state index in [0.29, 0.717) is 0 Å². The maximum absolute atomic E-state index is 4.50. The molecule has 0 saturated carbocycles. The van der Waals surface area contributed by atoms with Crippen molar-refractivity contribution in [3.8, 4) is 0 Å². The first-order valence-corrected chi connectivity index (χ1v) is 7.23. The number of aromatic nitrogens is 4. The predicted octanol–water partition coefficient (Wildman–Crippen LogP) is 2.42. The van der Waals surface area contributed by atoms with Gasteiger partial charge < -0.3 is 5.32 Å². The van der Waals surface area contributed by atoms with E-state index in [1.807, 2.05) is 13.2 Å². The molecule has 0 spiro atoms. The van der Waals surface area contributed by atoms with Crippen molar-refractivity contribution in [1.82, 2.24) is 25.1 Å². The van der Waals surface area contributed by atoms with Gasteiger partial charge in [0.25, 0.3) is 0 Å². The molecule has 1 N–H and O–H groups in total. The Labute approximate surface area is 117 Å². The summed E-state index contributed by atoms with van der Waals surface area (Å²) in [5.74, 6) is 0. The van der Waals surface area contributed by atoms with Gasteiger partial charge in [0.15, 0.2) is 5.16 Å². The fourth-order valence-corrected chi connectivity index (χ4v) is 2.39. The zero-order valence-corrected chi connectivity index (χ0v) is 12.3. The van der Waals surface area contributed by atoms with Crippen molar-refractivity contribution in [3.63, 3.8) is 0 Å². The molecule has 1 atom stereocenters. The van der Waals surface area contributed by atoms with Crippen LogP contribution in [0.25, 0.3) is 0 Å². The molecule has 2 heterocycles. The Morgan fingerprint density at radius 3 is 2.79 bits per heavy atom. The minimum Gasteiger partial charge on any atom is -0.309 e. The second-order valence-corrected chi connectivity index (χ2v) is 5.40. The van der Waals surface area contributed by atoms with Crippen molar-refractivity contribution in [3.05, 3.63) is 30.4 Å². The van der Waals surface area contributed by atoms with Crippen molar-refractivity contribution in [2.75, 3.05) is 6.54 Å².